The Bertz CT molecular complexity index is 386. The van der Waals surface area contributed by atoms with Crippen molar-refractivity contribution in [1.29, 1.82) is 0 Å². The number of hydrogen-bond donors (Lipinski definition) is 1. The minimum atomic E-state index is -0.303. The van der Waals surface area contributed by atoms with Crippen molar-refractivity contribution in [3.8, 4) is 0 Å². The standard InChI is InChI=1S/C14H19NO/c1-3-11(2)10-15-9-8-14(16)12-6-4-5-7-13(12)15/h4-7,14,16H,2-3,8-10H2,1H3. The second-order valence-corrected chi connectivity index (χ2v) is 4.39. The third-order valence-corrected chi connectivity index (χ3v) is 3.22. The van der Waals surface area contributed by atoms with E-state index in [1.54, 1.807) is 0 Å². The maximum Gasteiger partial charge on any atom is 0.0826 e. The van der Waals surface area contributed by atoms with Gasteiger partial charge in [0.25, 0.3) is 0 Å². The van der Waals surface area contributed by atoms with E-state index in [1.165, 1.54) is 5.57 Å². The molecule has 0 saturated carbocycles. The van der Waals surface area contributed by atoms with Crippen molar-refractivity contribution in [3.63, 3.8) is 0 Å². The van der Waals surface area contributed by atoms with Crippen LogP contribution in [0.4, 0.5) is 5.69 Å². The molecule has 2 rings (SSSR count). The highest BCUT2D eigenvalue weighted by molar-refractivity contribution is 5.57. The van der Waals surface area contributed by atoms with Gasteiger partial charge in [0.05, 0.1) is 6.10 Å². The van der Waals surface area contributed by atoms with Crippen molar-refractivity contribution in [2.45, 2.75) is 25.9 Å². The van der Waals surface area contributed by atoms with Crippen molar-refractivity contribution in [3.05, 3.63) is 42.0 Å². The summed E-state index contributed by atoms with van der Waals surface area (Å²) < 4.78 is 0. The van der Waals surface area contributed by atoms with Gasteiger partial charge < -0.3 is 10.0 Å². The summed E-state index contributed by atoms with van der Waals surface area (Å²) in [5.41, 5.74) is 3.46. The molecule has 1 aliphatic rings. The van der Waals surface area contributed by atoms with E-state index in [9.17, 15) is 5.11 Å². The minimum Gasteiger partial charge on any atom is -0.388 e. The largest absolute Gasteiger partial charge is 0.388 e. The summed E-state index contributed by atoms with van der Waals surface area (Å²) in [7, 11) is 0. The molecular weight excluding hydrogens is 198 g/mol. The van der Waals surface area contributed by atoms with Gasteiger partial charge in [0.15, 0.2) is 0 Å². The summed E-state index contributed by atoms with van der Waals surface area (Å²) >= 11 is 0. The molecule has 0 radical (unpaired) electrons. The zero-order chi connectivity index (χ0) is 11.5. The molecule has 1 N–H and O–H groups in total. The maximum atomic E-state index is 9.92. The molecule has 0 aromatic heterocycles. The van der Waals surface area contributed by atoms with Crippen molar-refractivity contribution in [2.24, 2.45) is 0 Å². The highest BCUT2D eigenvalue weighted by atomic mass is 16.3. The molecule has 1 heterocycles. The predicted molar refractivity (Wildman–Crippen MR) is 67.7 cm³/mol. The Hall–Kier alpha value is -1.28. The molecule has 0 spiro atoms. The van der Waals surface area contributed by atoms with Gasteiger partial charge in [-0.15, -0.1) is 0 Å². The van der Waals surface area contributed by atoms with E-state index in [0.717, 1.165) is 37.2 Å². The van der Waals surface area contributed by atoms with Gasteiger partial charge >= 0.3 is 0 Å². The fourth-order valence-corrected chi connectivity index (χ4v) is 2.16. The number of rotatable bonds is 3. The lowest BCUT2D eigenvalue weighted by Crippen LogP contribution is -2.32. The van der Waals surface area contributed by atoms with Crippen LogP contribution in [0.15, 0.2) is 36.4 Å². The van der Waals surface area contributed by atoms with E-state index < -0.39 is 0 Å². The fourth-order valence-electron chi connectivity index (χ4n) is 2.16. The molecule has 2 nitrogen and oxygen atoms in total. The van der Waals surface area contributed by atoms with Crippen molar-refractivity contribution in [1.82, 2.24) is 0 Å². The Morgan fingerprint density at radius 3 is 3.00 bits per heavy atom. The molecule has 1 unspecified atom stereocenters. The lowest BCUT2D eigenvalue weighted by Gasteiger charge is -2.34. The van der Waals surface area contributed by atoms with Gasteiger partial charge in [-0.2, -0.15) is 0 Å². The molecule has 0 bridgehead atoms. The van der Waals surface area contributed by atoms with Crippen LogP contribution in [0.25, 0.3) is 0 Å². The van der Waals surface area contributed by atoms with Gasteiger partial charge in [-0.25, -0.2) is 0 Å². The number of aliphatic hydroxyl groups is 1. The first kappa shape index (κ1) is 11.2. The molecule has 1 aromatic carbocycles. The van der Waals surface area contributed by atoms with Crippen LogP contribution in [-0.2, 0) is 0 Å². The van der Waals surface area contributed by atoms with Gasteiger partial charge in [-0.05, 0) is 18.9 Å². The fraction of sp³-hybridized carbons (Fsp3) is 0.429. The van der Waals surface area contributed by atoms with Gasteiger partial charge in [0.1, 0.15) is 0 Å². The average Bonchev–Trinajstić information content (AvgIpc) is 2.33. The number of anilines is 1. The maximum absolute atomic E-state index is 9.92. The van der Waals surface area contributed by atoms with Crippen LogP contribution >= 0.6 is 0 Å². The number of para-hydroxylation sites is 1. The molecule has 0 saturated heterocycles. The highest BCUT2D eigenvalue weighted by Crippen LogP contribution is 2.33. The van der Waals surface area contributed by atoms with Crippen LogP contribution < -0.4 is 4.90 Å². The van der Waals surface area contributed by atoms with Crippen LogP contribution in [0, 0.1) is 0 Å². The molecule has 0 aliphatic carbocycles. The Labute approximate surface area is 97.2 Å². The normalized spacial score (nSPS) is 19.4. The van der Waals surface area contributed by atoms with Crippen LogP contribution in [0.5, 0.6) is 0 Å². The monoisotopic (exact) mass is 217 g/mol. The van der Waals surface area contributed by atoms with Gasteiger partial charge in [-0.3, -0.25) is 0 Å². The average molecular weight is 217 g/mol. The van der Waals surface area contributed by atoms with Gasteiger partial charge in [0, 0.05) is 24.3 Å². The molecule has 1 aromatic rings. The number of hydrogen-bond acceptors (Lipinski definition) is 2. The van der Waals surface area contributed by atoms with Crippen LogP contribution in [-0.4, -0.2) is 18.2 Å². The molecular formula is C14H19NO. The first-order chi connectivity index (χ1) is 7.72. The van der Waals surface area contributed by atoms with E-state index in [2.05, 4.69) is 24.5 Å². The summed E-state index contributed by atoms with van der Waals surface area (Å²) in [6.45, 7) is 8.00. The zero-order valence-corrected chi connectivity index (χ0v) is 9.82. The third kappa shape index (κ3) is 2.12. The SMILES string of the molecule is C=C(CC)CN1CCC(O)c2ccccc21. The van der Waals surface area contributed by atoms with E-state index in [4.69, 9.17) is 0 Å². The number of nitrogens with zero attached hydrogens (tertiary/aromatic N) is 1. The lowest BCUT2D eigenvalue weighted by atomic mass is 9.98. The molecule has 16 heavy (non-hydrogen) atoms. The highest BCUT2D eigenvalue weighted by Gasteiger charge is 2.22. The van der Waals surface area contributed by atoms with Gasteiger partial charge in [0.2, 0.25) is 0 Å². The summed E-state index contributed by atoms with van der Waals surface area (Å²) in [6.07, 6.45) is 1.53. The van der Waals surface area contributed by atoms with Gasteiger partial charge in [-0.1, -0.05) is 37.3 Å². The number of aliphatic hydroxyl groups excluding tert-OH is 1. The van der Waals surface area contributed by atoms with Crippen molar-refractivity contribution in [2.75, 3.05) is 18.0 Å². The van der Waals surface area contributed by atoms with E-state index in [0.29, 0.717) is 0 Å². The molecule has 0 amide bonds. The second kappa shape index (κ2) is 4.71. The Morgan fingerprint density at radius 2 is 2.25 bits per heavy atom. The first-order valence-corrected chi connectivity index (χ1v) is 5.91. The lowest BCUT2D eigenvalue weighted by molar-refractivity contribution is 0.164. The number of fused-ring (bicyclic) bond motifs is 1. The Morgan fingerprint density at radius 1 is 1.50 bits per heavy atom. The quantitative estimate of drug-likeness (QED) is 0.787. The summed E-state index contributed by atoms with van der Waals surface area (Å²) in [5, 5.41) is 9.92. The van der Waals surface area contributed by atoms with Crippen molar-refractivity contribution < 1.29 is 5.11 Å². The van der Waals surface area contributed by atoms with Crippen LogP contribution in [0.2, 0.25) is 0 Å². The third-order valence-electron chi connectivity index (χ3n) is 3.22. The molecule has 1 atom stereocenters. The summed E-state index contributed by atoms with van der Waals surface area (Å²) in [6, 6.07) is 8.11. The Kier molecular flexibility index (Phi) is 3.30. The molecule has 1 aliphatic heterocycles. The minimum absolute atomic E-state index is 0.303. The van der Waals surface area contributed by atoms with Crippen LogP contribution in [0.1, 0.15) is 31.4 Å². The Balaban J connectivity index is 2.24. The molecule has 86 valence electrons. The predicted octanol–water partition coefficient (Wildman–Crippen LogP) is 2.90. The van der Waals surface area contributed by atoms with Crippen molar-refractivity contribution >= 4 is 5.69 Å². The topological polar surface area (TPSA) is 23.5 Å². The zero-order valence-electron chi connectivity index (χ0n) is 9.82. The molecule has 0 fully saturated rings. The summed E-state index contributed by atoms with van der Waals surface area (Å²) in [4.78, 5) is 2.31. The smallest absolute Gasteiger partial charge is 0.0826 e. The first-order valence-electron chi connectivity index (χ1n) is 5.91. The summed E-state index contributed by atoms with van der Waals surface area (Å²) in [5.74, 6) is 0. The van der Waals surface area contributed by atoms with E-state index in [-0.39, 0.29) is 6.10 Å². The second-order valence-electron chi connectivity index (χ2n) is 4.39. The number of benzene rings is 1. The van der Waals surface area contributed by atoms with E-state index in [1.807, 2.05) is 18.2 Å². The van der Waals surface area contributed by atoms with E-state index >= 15 is 0 Å². The van der Waals surface area contributed by atoms with Crippen LogP contribution in [0.3, 0.4) is 0 Å². The molecule has 2 heteroatoms.